The van der Waals surface area contributed by atoms with Gasteiger partial charge in [-0.2, -0.15) is 0 Å². The Kier molecular flexibility index (Phi) is 11.0. The van der Waals surface area contributed by atoms with Gasteiger partial charge in [-0.3, -0.25) is 9.79 Å². The van der Waals surface area contributed by atoms with Crippen molar-refractivity contribution < 1.29 is 4.79 Å². The van der Waals surface area contributed by atoms with E-state index in [1.165, 1.54) is 0 Å². The van der Waals surface area contributed by atoms with Crippen LogP contribution in [0.5, 0.6) is 0 Å². The molecule has 0 fully saturated rings. The first-order chi connectivity index (χ1) is 13.4. The molecule has 0 aromatic heterocycles. The molecule has 0 bridgehead atoms. The first kappa shape index (κ1) is 25.2. The summed E-state index contributed by atoms with van der Waals surface area (Å²) in [6.45, 7) is 1.68. The molecule has 0 saturated heterocycles. The third-order valence-corrected chi connectivity index (χ3v) is 4.28. The smallest absolute Gasteiger partial charge is 0.238 e. The first-order valence-electron chi connectivity index (χ1n) is 9.07. The number of likely N-dealkylation sites (N-methyl/N-ethyl adjacent to an activating group) is 1. The molecule has 0 spiro atoms. The van der Waals surface area contributed by atoms with Crippen LogP contribution in [0.1, 0.15) is 11.1 Å². The first-order valence-corrected chi connectivity index (χ1v) is 9.45. The van der Waals surface area contributed by atoms with Crippen LogP contribution in [0.15, 0.2) is 53.5 Å². The zero-order valence-corrected chi connectivity index (χ0v) is 20.4. The van der Waals surface area contributed by atoms with E-state index >= 15 is 0 Å². The number of hydrogen-bond acceptors (Lipinski definition) is 3. The molecule has 0 heterocycles. The van der Waals surface area contributed by atoms with Crippen molar-refractivity contribution in [1.29, 1.82) is 0 Å². The fourth-order valence-electron chi connectivity index (χ4n) is 2.75. The summed E-state index contributed by atoms with van der Waals surface area (Å²) in [4.78, 5) is 20.2. The molecule has 0 unspecified atom stereocenters. The van der Waals surface area contributed by atoms with Gasteiger partial charge in [0.25, 0.3) is 0 Å². The molecular formula is C21H29ClIN5O. The van der Waals surface area contributed by atoms with E-state index in [1.54, 1.807) is 7.05 Å². The quantitative estimate of drug-likeness (QED) is 0.327. The van der Waals surface area contributed by atoms with Crippen molar-refractivity contribution in [2.24, 2.45) is 4.99 Å². The third kappa shape index (κ3) is 9.01. The lowest BCUT2D eigenvalue weighted by molar-refractivity contribution is -0.116. The number of rotatable bonds is 7. The van der Waals surface area contributed by atoms with Gasteiger partial charge in [-0.05, 0) is 49.5 Å². The molecule has 0 atom stereocenters. The Hall–Kier alpha value is -1.84. The van der Waals surface area contributed by atoms with Crippen LogP contribution in [0.3, 0.4) is 0 Å². The molecule has 0 saturated carbocycles. The molecule has 2 aromatic rings. The number of nitrogens with zero attached hydrogens (tertiary/aromatic N) is 3. The summed E-state index contributed by atoms with van der Waals surface area (Å²) in [5.74, 6) is 0.755. The number of hydrogen-bond donors (Lipinski definition) is 2. The highest BCUT2D eigenvalue weighted by Gasteiger charge is 2.08. The van der Waals surface area contributed by atoms with E-state index in [9.17, 15) is 4.79 Å². The normalized spacial score (nSPS) is 11.0. The summed E-state index contributed by atoms with van der Waals surface area (Å²) in [6.07, 6.45) is 0. The minimum absolute atomic E-state index is 0. The lowest BCUT2D eigenvalue weighted by Crippen LogP contribution is -2.38. The number of carbonyl (C=O) groups excluding carboxylic acids is 1. The van der Waals surface area contributed by atoms with Crippen molar-refractivity contribution in [3.8, 4) is 0 Å². The predicted molar refractivity (Wildman–Crippen MR) is 132 cm³/mol. The molecule has 0 aliphatic heterocycles. The zero-order chi connectivity index (χ0) is 20.5. The van der Waals surface area contributed by atoms with Crippen LogP contribution in [-0.4, -0.2) is 56.4 Å². The van der Waals surface area contributed by atoms with Gasteiger partial charge in [0, 0.05) is 37.9 Å². The summed E-state index contributed by atoms with van der Waals surface area (Å²) in [6, 6.07) is 15.6. The standard InChI is InChI=1S/C21H28ClN5O.HI/c1-23-21(27(4)14-16-8-10-18(22)11-9-16)24-13-17-6-5-7-19(12-17)25-20(28)15-26(2)3;/h5-12H,13-15H2,1-4H3,(H,23,24)(H,25,28);1H. The van der Waals surface area contributed by atoms with Crippen molar-refractivity contribution >= 4 is 53.1 Å². The average molecular weight is 530 g/mol. The molecular weight excluding hydrogens is 501 g/mol. The third-order valence-electron chi connectivity index (χ3n) is 4.03. The van der Waals surface area contributed by atoms with E-state index in [2.05, 4.69) is 15.6 Å². The highest BCUT2D eigenvalue weighted by molar-refractivity contribution is 14.0. The lowest BCUT2D eigenvalue weighted by Gasteiger charge is -2.22. The molecule has 0 aliphatic rings. The SMILES string of the molecule is CN=C(NCc1cccc(NC(=O)CN(C)C)c1)N(C)Cc1ccc(Cl)cc1.I. The lowest BCUT2D eigenvalue weighted by atomic mass is 10.2. The Bertz CT molecular complexity index is 811. The van der Waals surface area contributed by atoms with Crippen LogP contribution in [0.2, 0.25) is 5.02 Å². The Morgan fingerprint density at radius 3 is 2.38 bits per heavy atom. The van der Waals surface area contributed by atoms with E-state index in [0.29, 0.717) is 13.1 Å². The number of guanidine groups is 1. The number of anilines is 1. The molecule has 1 amide bonds. The van der Waals surface area contributed by atoms with Gasteiger partial charge in [-0.1, -0.05) is 35.9 Å². The number of aliphatic imine (C=N–C) groups is 1. The Labute approximate surface area is 195 Å². The molecule has 158 valence electrons. The maximum atomic E-state index is 11.9. The topological polar surface area (TPSA) is 60.0 Å². The minimum Gasteiger partial charge on any atom is -0.352 e. The van der Waals surface area contributed by atoms with Gasteiger partial charge < -0.3 is 20.4 Å². The summed E-state index contributed by atoms with van der Waals surface area (Å²) >= 11 is 5.95. The van der Waals surface area contributed by atoms with Gasteiger partial charge >= 0.3 is 0 Å². The van der Waals surface area contributed by atoms with E-state index in [4.69, 9.17) is 11.6 Å². The van der Waals surface area contributed by atoms with Crippen molar-refractivity contribution in [2.75, 3.05) is 40.1 Å². The van der Waals surface area contributed by atoms with Gasteiger partial charge in [-0.25, -0.2) is 0 Å². The molecule has 0 radical (unpaired) electrons. The zero-order valence-electron chi connectivity index (χ0n) is 17.3. The predicted octanol–water partition coefficient (Wildman–Crippen LogP) is 3.67. The number of benzene rings is 2. The molecule has 2 N–H and O–H groups in total. The fraction of sp³-hybridized carbons (Fsp3) is 0.333. The number of halogens is 2. The highest BCUT2D eigenvalue weighted by Crippen LogP contribution is 2.12. The Morgan fingerprint density at radius 1 is 1.07 bits per heavy atom. The number of amides is 1. The van der Waals surface area contributed by atoms with Crippen LogP contribution >= 0.6 is 35.6 Å². The van der Waals surface area contributed by atoms with Crippen molar-refractivity contribution in [3.05, 3.63) is 64.7 Å². The van der Waals surface area contributed by atoms with Crippen molar-refractivity contribution in [1.82, 2.24) is 15.1 Å². The maximum Gasteiger partial charge on any atom is 0.238 e. The van der Waals surface area contributed by atoms with Gasteiger partial charge in [0.05, 0.1) is 6.54 Å². The van der Waals surface area contributed by atoms with Gasteiger partial charge in [0.1, 0.15) is 0 Å². The summed E-state index contributed by atoms with van der Waals surface area (Å²) < 4.78 is 0. The van der Waals surface area contributed by atoms with Gasteiger partial charge in [0.15, 0.2) is 5.96 Å². The number of carbonyl (C=O) groups is 1. The molecule has 8 heteroatoms. The summed E-state index contributed by atoms with van der Waals surface area (Å²) in [5.41, 5.74) is 3.00. The van der Waals surface area contributed by atoms with E-state index in [0.717, 1.165) is 34.3 Å². The Morgan fingerprint density at radius 2 is 1.76 bits per heavy atom. The molecule has 29 heavy (non-hydrogen) atoms. The monoisotopic (exact) mass is 529 g/mol. The van der Waals surface area contributed by atoms with Crippen LogP contribution in [-0.2, 0) is 17.9 Å². The summed E-state index contributed by atoms with van der Waals surface area (Å²) in [5, 5.41) is 7.00. The second-order valence-electron chi connectivity index (χ2n) is 6.87. The van der Waals surface area contributed by atoms with Gasteiger partial charge in [0.2, 0.25) is 5.91 Å². The highest BCUT2D eigenvalue weighted by atomic mass is 127. The van der Waals surface area contributed by atoms with Crippen molar-refractivity contribution in [2.45, 2.75) is 13.1 Å². The van der Waals surface area contributed by atoms with Crippen LogP contribution in [0.25, 0.3) is 0 Å². The Balaban J connectivity index is 0.00000420. The summed E-state index contributed by atoms with van der Waals surface area (Å²) in [7, 11) is 7.48. The maximum absolute atomic E-state index is 11.9. The van der Waals surface area contributed by atoms with E-state index in [1.807, 2.05) is 79.5 Å². The second kappa shape index (κ2) is 12.7. The fourth-order valence-corrected chi connectivity index (χ4v) is 2.88. The molecule has 2 aromatic carbocycles. The van der Waals surface area contributed by atoms with Crippen molar-refractivity contribution in [3.63, 3.8) is 0 Å². The van der Waals surface area contributed by atoms with E-state index < -0.39 is 0 Å². The largest absolute Gasteiger partial charge is 0.352 e. The average Bonchev–Trinajstić information content (AvgIpc) is 2.63. The van der Waals surface area contributed by atoms with Crippen LogP contribution in [0, 0.1) is 0 Å². The number of nitrogens with one attached hydrogen (secondary N) is 2. The van der Waals surface area contributed by atoms with Crippen LogP contribution in [0.4, 0.5) is 5.69 Å². The van der Waals surface area contributed by atoms with Gasteiger partial charge in [-0.15, -0.1) is 24.0 Å². The molecule has 6 nitrogen and oxygen atoms in total. The van der Waals surface area contributed by atoms with E-state index in [-0.39, 0.29) is 29.9 Å². The molecule has 0 aliphatic carbocycles. The molecule has 2 rings (SSSR count). The minimum atomic E-state index is -0.0337. The second-order valence-corrected chi connectivity index (χ2v) is 7.31. The van der Waals surface area contributed by atoms with Crippen LogP contribution < -0.4 is 10.6 Å².